The third kappa shape index (κ3) is 3.28. The van der Waals surface area contributed by atoms with E-state index in [-0.39, 0.29) is 11.3 Å². The zero-order valence-electron chi connectivity index (χ0n) is 8.23. The molecule has 0 saturated heterocycles. The summed E-state index contributed by atoms with van der Waals surface area (Å²) in [6.07, 6.45) is -2.84. The molecule has 0 saturated carbocycles. The van der Waals surface area contributed by atoms with Crippen molar-refractivity contribution in [1.82, 2.24) is 0 Å². The summed E-state index contributed by atoms with van der Waals surface area (Å²) in [4.78, 5) is -0.166. The number of nitriles is 1. The van der Waals surface area contributed by atoms with Crippen LogP contribution in [0.4, 0.5) is 8.78 Å². The van der Waals surface area contributed by atoms with E-state index in [1.807, 2.05) is 6.07 Å². The van der Waals surface area contributed by atoms with Crippen LogP contribution in [0.3, 0.4) is 0 Å². The van der Waals surface area contributed by atoms with Gasteiger partial charge in [-0.2, -0.15) is 5.26 Å². The largest absolute Gasteiger partial charge is 0.252 e. The first-order valence-electron chi connectivity index (χ1n) is 4.42. The van der Waals surface area contributed by atoms with Gasteiger partial charge in [0.05, 0.1) is 17.4 Å². The van der Waals surface area contributed by atoms with Gasteiger partial charge in [-0.25, -0.2) is 17.2 Å². The summed E-state index contributed by atoms with van der Waals surface area (Å²) in [5, 5.41) is 8.44. The van der Waals surface area contributed by atoms with E-state index in [1.54, 1.807) is 6.07 Å². The summed E-state index contributed by atoms with van der Waals surface area (Å²) < 4.78 is 46.9. The average Bonchev–Trinajstić information content (AvgIpc) is 2.16. The first kappa shape index (κ1) is 12.6. The third-order valence-corrected chi connectivity index (χ3v) is 3.55. The first-order valence-corrected chi connectivity index (χ1v) is 6.08. The van der Waals surface area contributed by atoms with Crippen LogP contribution in [0.5, 0.6) is 0 Å². The highest BCUT2D eigenvalue weighted by atomic mass is 32.2. The number of alkyl halides is 2. The van der Waals surface area contributed by atoms with Gasteiger partial charge in [0.25, 0.3) is 6.43 Å². The molecule has 0 radical (unpaired) electrons. The van der Waals surface area contributed by atoms with Gasteiger partial charge in [0.2, 0.25) is 0 Å². The predicted octanol–water partition coefficient (Wildman–Crippen LogP) is 1.79. The van der Waals surface area contributed by atoms with Crippen LogP contribution in [-0.4, -0.2) is 20.6 Å². The van der Waals surface area contributed by atoms with Gasteiger partial charge < -0.3 is 0 Å². The van der Waals surface area contributed by atoms with Crippen molar-refractivity contribution >= 4 is 9.84 Å². The Kier molecular flexibility index (Phi) is 3.96. The molecule has 0 amide bonds. The van der Waals surface area contributed by atoms with Crippen molar-refractivity contribution < 1.29 is 17.2 Å². The van der Waals surface area contributed by atoms with Crippen molar-refractivity contribution in [3.05, 3.63) is 29.8 Å². The fraction of sp³-hybridized carbons (Fsp3) is 0.300. The summed E-state index contributed by atoms with van der Waals surface area (Å²) in [5.74, 6) is -1.19. The number of nitrogens with zero attached hydrogens (tertiary/aromatic N) is 1. The second-order valence-corrected chi connectivity index (χ2v) is 5.19. The SMILES string of the molecule is N#CCc1cccc(S(=O)(=O)CC(F)F)c1. The van der Waals surface area contributed by atoms with Crippen LogP contribution in [0.15, 0.2) is 29.2 Å². The predicted molar refractivity (Wildman–Crippen MR) is 53.8 cm³/mol. The van der Waals surface area contributed by atoms with Crippen LogP contribution in [-0.2, 0) is 16.3 Å². The molecule has 0 aromatic heterocycles. The highest BCUT2D eigenvalue weighted by Gasteiger charge is 2.20. The quantitative estimate of drug-likeness (QED) is 0.812. The van der Waals surface area contributed by atoms with Gasteiger partial charge in [-0.1, -0.05) is 12.1 Å². The number of rotatable bonds is 4. The molecule has 86 valence electrons. The number of hydrogen-bond acceptors (Lipinski definition) is 3. The Labute approximate surface area is 92.2 Å². The lowest BCUT2D eigenvalue weighted by Crippen LogP contribution is -2.13. The van der Waals surface area contributed by atoms with E-state index in [0.717, 1.165) is 0 Å². The van der Waals surface area contributed by atoms with Gasteiger partial charge in [0, 0.05) is 0 Å². The topological polar surface area (TPSA) is 57.9 Å². The van der Waals surface area contributed by atoms with Gasteiger partial charge >= 0.3 is 0 Å². The van der Waals surface area contributed by atoms with E-state index < -0.39 is 22.0 Å². The lowest BCUT2D eigenvalue weighted by molar-refractivity contribution is 0.174. The smallest absolute Gasteiger partial charge is 0.223 e. The van der Waals surface area contributed by atoms with Crippen LogP contribution in [0.25, 0.3) is 0 Å². The number of sulfone groups is 1. The summed E-state index contributed by atoms with van der Waals surface area (Å²) in [7, 11) is -3.96. The summed E-state index contributed by atoms with van der Waals surface area (Å²) >= 11 is 0. The fourth-order valence-corrected chi connectivity index (χ4v) is 2.34. The molecule has 0 N–H and O–H groups in total. The van der Waals surface area contributed by atoms with Gasteiger partial charge in [0.1, 0.15) is 5.75 Å². The van der Waals surface area contributed by atoms with Crippen molar-refractivity contribution in [2.75, 3.05) is 5.75 Å². The van der Waals surface area contributed by atoms with E-state index in [1.165, 1.54) is 18.2 Å². The van der Waals surface area contributed by atoms with Crippen molar-refractivity contribution in [3.8, 4) is 6.07 Å². The molecule has 0 aliphatic carbocycles. The molecular weight excluding hydrogens is 236 g/mol. The Morgan fingerprint density at radius 2 is 2.06 bits per heavy atom. The Morgan fingerprint density at radius 1 is 1.38 bits per heavy atom. The molecule has 1 aromatic carbocycles. The molecule has 0 atom stereocenters. The fourth-order valence-electron chi connectivity index (χ4n) is 1.20. The molecule has 3 nitrogen and oxygen atoms in total. The lowest BCUT2D eigenvalue weighted by Gasteiger charge is -2.04. The maximum Gasteiger partial charge on any atom is 0.252 e. The molecule has 1 rings (SSSR count). The standard InChI is InChI=1S/C10H9F2NO2S/c11-10(12)7-16(14,15)9-3-1-2-8(6-9)4-5-13/h1-3,6,10H,4,7H2. The van der Waals surface area contributed by atoms with Crippen LogP contribution in [0.2, 0.25) is 0 Å². The maximum absolute atomic E-state index is 12.0. The highest BCUT2D eigenvalue weighted by Crippen LogP contribution is 2.15. The number of benzene rings is 1. The monoisotopic (exact) mass is 245 g/mol. The maximum atomic E-state index is 12.0. The van der Waals surface area contributed by atoms with Crippen LogP contribution < -0.4 is 0 Å². The van der Waals surface area contributed by atoms with Gasteiger partial charge in [-0.3, -0.25) is 0 Å². The minimum atomic E-state index is -3.96. The molecule has 1 aromatic rings. The average molecular weight is 245 g/mol. The lowest BCUT2D eigenvalue weighted by atomic mass is 10.2. The number of hydrogen-bond donors (Lipinski definition) is 0. The molecule has 0 fully saturated rings. The van der Waals surface area contributed by atoms with Crippen LogP contribution >= 0.6 is 0 Å². The summed E-state index contributed by atoms with van der Waals surface area (Å²) in [6, 6.07) is 7.37. The molecule has 0 unspecified atom stereocenters. The third-order valence-electron chi connectivity index (χ3n) is 1.89. The Hall–Kier alpha value is -1.48. The van der Waals surface area contributed by atoms with E-state index >= 15 is 0 Å². The van der Waals surface area contributed by atoms with Crippen LogP contribution in [0.1, 0.15) is 5.56 Å². The van der Waals surface area contributed by atoms with E-state index in [2.05, 4.69) is 0 Å². The summed E-state index contributed by atoms with van der Waals surface area (Å²) in [6.45, 7) is 0. The molecule has 16 heavy (non-hydrogen) atoms. The second-order valence-electron chi connectivity index (χ2n) is 3.15. The highest BCUT2D eigenvalue weighted by molar-refractivity contribution is 7.91. The van der Waals surface area contributed by atoms with Crippen molar-refractivity contribution in [3.63, 3.8) is 0 Å². The van der Waals surface area contributed by atoms with Gasteiger partial charge in [-0.15, -0.1) is 0 Å². The zero-order valence-corrected chi connectivity index (χ0v) is 9.05. The molecule has 0 heterocycles. The van der Waals surface area contributed by atoms with Gasteiger partial charge in [0.15, 0.2) is 9.84 Å². The minimum Gasteiger partial charge on any atom is -0.223 e. The minimum absolute atomic E-state index is 0.0536. The van der Waals surface area contributed by atoms with Crippen molar-refractivity contribution in [2.24, 2.45) is 0 Å². The molecule has 0 spiro atoms. The molecule has 6 heteroatoms. The normalized spacial score (nSPS) is 11.4. The zero-order chi connectivity index (χ0) is 12.2. The first-order chi connectivity index (χ1) is 7.45. The summed E-state index contributed by atoms with van der Waals surface area (Å²) in [5.41, 5.74) is 0.498. The van der Waals surface area contributed by atoms with Crippen molar-refractivity contribution in [1.29, 1.82) is 5.26 Å². The van der Waals surface area contributed by atoms with Gasteiger partial charge in [-0.05, 0) is 17.7 Å². The van der Waals surface area contributed by atoms with E-state index in [9.17, 15) is 17.2 Å². The Balaban J connectivity index is 3.05. The van der Waals surface area contributed by atoms with E-state index in [4.69, 9.17) is 5.26 Å². The molecule has 0 aliphatic rings. The van der Waals surface area contributed by atoms with Crippen molar-refractivity contribution in [2.45, 2.75) is 17.7 Å². The van der Waals surface area contributed by atoms with Crippen LogP contribution in [0, 0.1) is 11.3 Å². The molecule has 0 aliphatic heterocycles. The second kappa shape index (κ2) is 5.03. The number of halogens is 2. The Morgan fingerprint density at radius 3 is 2.62 bits per heavy atom. The molecule has 0 bridgehead atoms. The van der Waals surface area contributed by atoms with E-state index in [0.29, 0.717) is 5.56 Å². The Bertz CT molecular complexity index is 506. The molecular formula is C10H9F2NO2S.